The van der Waals surface area contributed by atoms with Gasteiger partial charge >= 0.3 is 5.97 Å². The van der Waals surface area contributed by atoms with E-state index in [9.17, 15) is 14.4 Å². The van der Waals surface area contributed by atoms with Crippen LogP contribution in [0.4, 0.5) is 5.69 Å². The second-order valence-electron chi connectivity index (χ2n) is 4.19. The third-order valence-electron chi connectivity index (χ3n) is 2.51. The van der Waals surface area contributed by atoms with Gasteiger partial charge in [0.25, 0.3) is 0 Å². The van der Waals surface area contributed by atoms with Crippen LogP contribution in [0, 0.1) is 0 Å². The van der Waals surface area contributed by atoms with Gasteiger partial charge in [0.1, 0.15) is 0 Å². The molecule has 0 bridgehead atoms. The molecule has 0 heterocycles. The lowest BCUT2D eigenvalue weighted by Crippen LogP contribution is -2.33. The maximum Gasteiger partial charge on any atom is 0.307 e. The summed E-state index contributed by atoms with van der Waals surface area (Å²) >= 11 is 0. The zero-order valence-electron chi connectivity index (χ0n) is 10.8. The van der Waals surface area contributed by atoms with Gasteiger partial charge in [0.05, 0.1) is 13.0 Å². The molecule has 0 atom stereocenters. The van der Waals surface area contributed by atoms with E-state index in [1.165, 1.54) is 18.9 Å². The van der Waals surface area contributed by atoms with Gasteiger partial charge in [0, 0.05) is 19.7 Å². The minimum atomic E-state index is -0.903. The third-order valence-corrected chi connectivity index (χ3v) is 2.51. The number of hydrogen-bond acceptors (Lipinski definition) is 3. The van der Waals surface area contributed by atoms with Gasteiger partial charge in [-0.2, -0.15) is 0 Å². The molecule has 0 saturated carbocycles. The van der Waals surface area contributed by atoms with Crippen molar-refractivity contribution >= 4 is 23.5 Å². The van der Waals surface area contributed by atoms with Crippen molar-refractivity contribution in [2.24, 2.45) is 0 Å². The molecule has 1 rings (SSSR count). The second-order valence-corrected chi connectivity index (χ2v) is 4.19. The van der Waals surface area contributed by atoms with E-state index in [-0.39, 0.29) is 24.8 Å². The molecule has 2 amide bonds. The molecule has 0 aliphatic carbocycles. The maximum absolute atomic E-state index is 11.6. The summed E-state index contributed by atoms with van der Waals surface area (Å²) in [6.07, 6.45) is -0.0543. The van der Waals surface area contributed by atoms with Gasteiger partial charge in [-0.1, -0.05) is 12.1 Å². The van der Waals surface area contributed by atoms with E-state index < -0.39 is 5.97 Å². The summed E-state index contributed by atoms with van der Waals surface area (Å²) in [6, 6.07) is 6.53. The van der Waals surface area contributed by atoms with Crippen LogP contribution in [0.5, 0.6) is 0 Å². The minimum Gasteiger partial charge on any atom is -0.481 e. The second kappa shape index (κ2) is 6.53. The SMILES string of the molecule is CC(=O)N(C)CC(=O)Nc1ccc(CC(=O)O)cc1. The van der Waals surface area contributed by atoms with Crippen molar-refractivity contribution in [2.75, 3.05) is 18.9 Å². The fourth-order valence-electron chi connectivity index (χ4n) is 1.41. The molecule has 0 spiro atoms. The number of amides is 2. The molecule has 0 aromatic heterocycles. The standard InChI is InChI=1S/C13H16N2O4/c1-9(16)15(2)8-12(17)14-11-5-3-10(4-6-11)7-13(18)19/h3-6H,7-8H2,1-2H3,(H,14,17)(H,18,19). The Morgan fingerprint density at radius 3 is 2.26 bits per heavy atom. The Bertz CT molecular complexity index is 482. The number of rotatable bonds is 5. The maximum atomic E-state index is 11.6. The van der Waals surface area contributed by atoms with Gasteiger partial charge in [0.2, 0.25) is 11.8 Å². The molecule has 0 saturated heterocycles. The highest BCUT2D eigenvalue weighted by Gasteiger charge is 2.09. The average molecular weight is 264 g/mol. The van der Waals surface area contributed by atoms with Gasteiger partial charge in [0.15, 0.2) is 0 Å². The number of likely N-dealkylation sites (N-methyl/N-ethyl adjacent to an activating group) is 1. The van der Waals surface area contributed by atoms with E-state index in [1.54, 1.807) is 24.3 Å². The molecule has 0 radical (unpaired) electrons. The van der Waals surface area contributed by atoms with Crippen LogP contribution in [0.2, 0.25) is 0 Å². The first-order valence-corrected chi connectivity index (χ1v) is 5.71. The van der Waals surface area contributed by atoms with Crippen LogP contribution in [-0.4, -0.2) is 41.4 Å². The number of carbonyl (C=O) groups excluding carboxylic acids is 2. The van der Waals surface area contributed by atoms with Crippen LogP contribution in [0.1, 0.15) is 12.5 Å². The van der Waals surface area contributed by atoms with Crippen molar-refractivity contribution in [3.63, 3.8) is 0 Å². The average Bonchev–Trinajstić information content (AvgIpc) is 2.30. The van der Waals surface area contributed by atoms with Gasteiger partial charge in [-0.05, 0) is 17.7 Å². The van der Waals surface area contributed by atoms with E-state index in [1.807, 2.05) is 0 Å². The van der Waals surface area contributed by atoms with Crippen LogP contribution >= 0.6 is 0 Å². The van der Waals surface area contributed by atoms with Crippen molar-refractivity contribution in [2.45, 2.75) is 13.3 Å². The van der Waals surface area contributed by atoms with E-state index >= 15 is 0 Å². The number of carbonyl (C=O) groups is 3. The van der Waals surface area contributed by atoms with Crippen molar-refractivity contribution < 1.29 is 19.5 Å². The molecule has 0 unspecified atom stereocenters. The first kappa shape index (κ1) is 14.7. The van der Waals surface area contributed by atoms with E-state index in [0.29, 0.717) is 11.3 Å². The summed E-state index contributed by atoms with van der Waals surface area (Å²) in [4.78, 5) is 34.4. The topological polar surface area (TPSA) is 86.7 Å². The molecule has 1 aromatic carbocycles. The molecule has 19 heavy (non-hydrogen) atoms. The molecule has 6 nitrogen and oxygen atoms in total. The Labute approximate surface area is 111 Å². The van der Waals surface area contributed by atoms with Crippen molar-refractivity contribution in [3.05, 3.63) is 29.8 Å². The number of nitrogens with one attached hydrogen (secondary N) is 1. The minimum absolute atomic E-state index is 0.0216. The molecule has 2 N–H and O–H groups in total. The summed E-state index contributed by atoms with van der Waals surface area (Å²) in [5.41, 5.74) is 1.22. The number of benzene rings is 1. The van der Waals surface area contributed by atoms with Gasteiger partial charge < -0.3 is 15.3 Å². The smallest absolute Gasteiger partial charge is 0.307 e. The van der Waals surface area contributed by atoms with E-state index in [2.05, 4.69) is 5.32 Å². The highest BCUT2D eigenvalue weighted by atomic mass is 16.4. The Hall–Kier alpha value is -2.37. The fourth-order valence-corrected chi connectivity index (χ4v) is 1.41. The van der Waals surface area contributed by atoms with Crippen LogP contribution in [0.15, 0.2) is 24.3 Å². The molecular weight excluding hydrogens is 248 g/mol. The van der Waals surface area contributed by atoms with Crippen LogP contribution < -0.4 is 5.32 Å². The van der Waals surface area contributed by atoms with Crippen molar-refractivity contribution in [1.82, 2.24) is 4.90 Å². The summed E-state index contributed by atoms with van der Waals surface area (Å²) in [5.74, 6) is -1.39. The van der Waals surface area contributed by atoms with Crippen molar-refractivity contribution in [3.8, 4) is 0 Å². The number of carboxylic acids is 1. The number of carboxylic acid groups (broad SMARTS) is 1. The Balaban J connectivity index is 2.55. The largest absolute Gasteiger partial charge is 0.481 e. The van der Waals surface area contributed by atoms with E-state index in [4.69, 9.17) is 5.11 Å². The van der Waals surface area contributed by atoms with Gasteiger partial charge in [-0.3, -0.25) is 14.4 Å². The van der Waals surface area contributed by atoms with Crippen LogP contribution in [0.3, 0.4) is 0 Å². The molecule has 0 fully saturated rings. The Morgan fingerprint density at radius 1 is 1.21 bits per heavy atom. The molecule has 102 valence electrons. The number of aliphatic carboxylic acids is 1. The summed E-state index contributed by atoms with van der Waals surface area (Å²) in [5, 5.41) is 11.3. The zero-order valence-corrected chi connectivity index (χ0v) is 10.8. The summed E-state index contributed by atoms with van der Waals surface area (Å²) in [7, 11) is 1.54. The Morgan fingerprint density at radius 2 is 1.79 bits per heavy atom. The quantitative estimate of drug-likeness (QED) is 0.820. The lowest BCUT2D eigenvalue weighted by Gasteiger charge is -2.14. The zero-order chi connectivity index (χ0) is 14.4. The number of nitrogens with zero attached hydrogens (tertiary/aromatic N) is 1. The van der Waals surface area contributed by atoms with Crippen molar-refractivity contribution in [1.29, 1.82) is 0 Å². The highest BCUT2D eigenvalue weighted by Crippen LogP contribution is 2.10. The van der Waals surface area contributed by atoms with Gasteiger partial charge in [-0.25, -0.2) is 0 Å². The highest BCUT2D eigenvalue weighted by molar-refractivity contribution is 5.94. The summed E-state index contributed by atoms with van der Waals surface area (Å²) in [6.45, 7) is 1.36. The monoisotopic (exact) mass is 264 g/mol. The first-order valence-electron chi connectivity index (χ1n) is 5.71. The number of hydrogen-bond donors (Lipinski definition) is 2. The molecule has 0 aliphatic rings. The fraction of sp³-hybridized carbons (Fsp3) is 0.308. The predicted molar refractivity (Wildman–Crippen MR) is 69.7 cm³/mol. The molecular formula is C13H16N2O4. The molecule has 6 heteroatoms. The Kier molecular flexibility index (Phi) is 5.05. The summed E-state index contributed by atoms with van der Waals surface area (Å²) < 4.78 is 0. The molecule has 1 aromatic rings. The number of anilines is 1. The third kappa shape index (κ3) is 5.20. The first-order chi connectivity index (χ1) is 8.88. The normalized spacial score (nSPS) is 9.79. The molecule has 0 aliphatic heterocycles. The predicted octanol–water partition coefficient (Wildman–Crippen LogP) is 0.730. The van der Waals surface area contributed by atoms with Crippen LogP contribution in [0.25, 0.3) is 0 Å². The lowest BCUT2D eigenvalue weighted by molar-refractivity contribution is -0.136. The lowest BCUT2D eigenvalue weighted by atomic mass is 10.1. The van der Waals surface area contributed by atoms with Crippen LogP contribution in [-0.2, 0) is 20.8 Å². The van der Waals surface area contributed by atoms with E-state index in [0.717, 1.165) is 0 Å². The van der Waals surface area contributed by atoms with Gasteiger partial charge in [-0.15, -0.1) is 0 Å².